The summed E-state index contributed by atoms with van der Waals surface area (Å²) in [5.41, 5.74) is 2.10. The molecule has 3 heteroatoms. The molecule has 0 aromatic heterocycles. The lowest BCUT2D eigenvalue weighted by Gasteiger charge is -2.40. The maximum atomic E-state index is 12.5. The average Bonchev–Trinajstić information content (AvgIpc) is 2.97. The van der Waals surface area contributed by atoms with Gasteiger partial charge in [0.05, 0.1) is 11.5 Å². The number of allylic oxidation sites excluding steroid dienone is 5. The number of carbonyl (C=O) groups excluding carboxylic acids is 2. The lowest BCUT2D eigenvalue weighted by atomic mass is 9.63. The van der Waals surface area contributed by atoms with Crippen molar-refractivity contribution < 1.29 is 14.3 Å². The highest BCUT2D eigenvalue weighted by atomic mass is 16.6. The zero-order valence-corrected chi connectivity index (χ0v) is 17.9. The van der Waals surface area contributed by atoms with Gasteiger partial charge in [-0.3, -0.25) is 9.59 Å². The molecule has 152 valence electrons. The van der Waals surface area contributed by atoms with Crippen molar-refractivity contribution in [1.82, 2.24) is 0 Å². The first-order valence-electron chi connectivity index (χ1n) is 10.9. The predicted octanol–water partition coefficient (Wildman–Crippen LogP) is 5.07. The summed E-state index contributed by atoms with van der Waals surface area (Å²) >= 11 is 0. The lowest BCUT2D eigenvalue weighted by Crippen LogP contribution is -2.34. The summed E-state index contributed by atoms with van der Waals surface area (Å²) in [7, 11) is 0. The fourth-order valence-electron chi connectivity index (χ4n) is 6.30. The second kappa shape index (κ2) is 6.79. The molecule has 0 radical (unpaired) electrons. The van der Waals surface area contributed by atoms with E-state index >= 15 is 0 Å². The van der Waals surface area contributed by atoms with Gasteiger partial charge in [0.25, 0.3) is 0 Å². The summed E-state index contributed by atoms with van der Waals surface area (Å²) < 4.78 is 5.70. The van der Waals surface area contributed by atoms with E-state index < -0.39 is 0 Å². The Morgan fingerprint density at radius 2 is 2.00 bits per heavy atom. The molecular formula is C25H34O3. The Balaban J connectivity index is 1.58. The highest BCUT2D eigenvalue weighted by Crippen LogP contribution is 2.58. The summed E-state index contributed by atoms with van der Waals surface area (Å²) in [6.45, 7) is 11.1. The van der Waals surface area contributed by atoms with Gasteiger partial charge in [0.1, 0.15) is 12.4 Å². The molecule has 0 unspecified atom stereocenters. The van der Waals surface area contributed by atoms with Crippen LogP contribution in [0.2, 0.25) is 0 Å². The first-order valence-corrected chi connectivity index (χ1v) is 10.9. The molecule has 0 N–H and O–H groups in total. The zero-order valence-electron chi connectivity index (χ0n) is 17.9. The molecule has 0 aromatic rings. The van der Waals surface area contributed by atoms with Crippen molar-refractivity contribution >= 4 is 12.1 Å². The van der Waals surface area contributed by atoms with E-state index in [0.29, 0.717) is 23.3 Å². The summed E-state index contributed by atoms with van der Waals surface area (Å²) in [6.07, 6.45) is 14.0. The Labute approximate surface area is 169 Å². The van der Waals surface area contributed by atoms with Gasteiger partial charge in [-0.2, -0.15) is 0 Å². The Morgan fingerprint density at radius 3 is 2.64 bits per heavy atom. The molecule has 0 spiro atoms. The predicted molar refractivity (Wildman–Crippen MR) is 111 cm³/mol. The van der Waals surface area contributed by atoms with Crippen molar-refractivity contribution in [3.8, 4) is 0 Å². The largest absolute Gasteiger partial charge is 0.362 e. The van der Waals surface area contributed by atoms with Crippen LogP contribution in [-0.2, 0) is 14.3 Å². The third kappa shape index (κ3) is 3.26. The minimum atomic E-state index is -0.235. The molecular weight excluding hydrogens is 348 g/mol. The lowest BCUT2D eigenvalue weighted by molar-refractivity contribution is -0.119. The molecule has 1 saturated heterocycles. The van der Waals surface area contributed by atoms with Crippen LogP contribution in [0.5, 0.6) is 0 Å². The van der Waals surface area contributed by atoms with Gasteiger partial charge >= 0.3 is 0 Å². The van der Waals surface area contributed by atoms with Gasteiger partial charge in [0.15, 0.2) is 5.78 Å². The minimum Gasteiger partial charge on any atom is -0.362 e. The third-order valence-corrected chi connectivity index (χ3v) is 8.24. The van der Waals surface area contributed by atoms with Crippen LogP contribution in [0.3, 0.4) is 0 Å². The van der Waals surface area contributed by atoms with Crippen molar-refractivity contribution in [1.29, 1.82) is 0 Å². The Hall–Kier alpha value is -1.48. The van der Waals surface area contributed by atoms with E-state index in [1.165, 1.54) is 12.8 Å². The maximum absolute atomic E-state index is 12.5. The Morgan fingerprint density at radius 1 is 1.29 bits per heavy atom. The van der Waals surface area contributed by atoms with E-state index in [4.69, 9.17) is 4.74 Å². The number of fused-ring (bicyclic) bond motifs is 2. The molecule has 4 aliphatic rings. The SMILES string of the molecule is CC1=CC(=O)[C@H]2C(C=O)=CC[C@H]3[C@@H]([C@@H](C)/C=C\[C@@H]4OC4(C)C)CC[C@]3(C)C[C@H]12. The van der Waals surface area contributed by atoms with Crippen LogP contribution in [0.4, 0.5) is 0 Å². The van der Waals surface area contributed by atoms with Crippen molar-refractivity contribution in [2.75, 3.05) is 0 Å². The van der Waals surface area contributed by atoms with Crippen LogP contribution in [0, 0.1) is 35.0 Å². The number of hydrogen-bond acceptors (Lipinski definition) is 3. The second-order valence-corrected chi connectivity index (χ2v) is 10.5. The van der Waals surface area contributed by atoms with Crippen LogP contribution in [-0.4, -0.2) is 23.8 Å². The minimum absolute atomic E-state index is 0.00384. The number of rotatable bonds is 4. The highest BCUT2D eigenvalue weighted by molar-refractivity contribution is 6.01. The van der Waals surface area contributed by atoms with Crippen LogP contribution in [0.15, 0.2) is 35.5 Å². The van der Waals surface area contributed by atoms with Gasteiger partial charge in [-0.15, -0.1) is 0 Å². The van der Waals surface area contributed by atoms with Gasteiger partial charge in [0, 0.05) is 0 Å². The standard InChI is InChI=1S/C25H34O3/c1-15(6-9-22-24(3,4)28-22)18-10-11-25(5)13-19-16(2)12-21(27)23(19)17(14-26)7-8-20(18)25/h6-7,9,12,14-15,18-20,22-23H,8,10-11,13H2,1-5H3/b9-6-,17-7?/t15-,18+,19+,20-,22-,23-,25+/m0/s1. The number of aldehydes is 1. The van der Waals surface area contributed by atoms with Crippen molar-refractivity contribution in [2.24, 2.45) is 35.0 Å². The van der Waals surface area contributed by atoms with Crippen LogP contribution < -0.4 is 0 Å². The molecule has 0 amide bonds. The Bertz CT molecular complexity index is 771. The molecule has 0 bridgehead atoms. The Kier molecular flexibility index (Phi) is 4.81. The van der Waals surface area contributed by atoms with Crippen LogP contribution >= 0.6 is 0 Å². The van der Waals surface area contributed by atoms with E-state index in [9.17, 15) is 9.59 Å². The molecule has 1 heterocycles. The normalized spacial score (nSPS) is 42.9. The van der Waals surface area contributed by atoms with E-state index in [0.717, 1.165) is 24.7 Å². The summed E-state index contributed by atoms with van der Waals surface area (Å²) in [6, 6.07) is 0. The highest BCUT2D eigenvalue weighted by Gasteiger charge is 2.51. The maximum Gasteiger partial charge on any atom is 0.163 e. The van der Waals surface area contributed by atoms with E-state index in [1.54, 1.807) is 6.08 Å². The van der Waals surface area contributed by atoms with E-state index in [2.05, 4.69) is 52.8 Å². The first-order chi connectivity index (χ1) is 13.2. The van der Waals surface area contributed by atoms with Gasteiger partial charge in [-0.25, -0.2) is 0 Å². The summed E-state index contributed by atoms with van der Waals surface area (Å²) in [4.78, 5) is 24.3. The molecule has 4 rings (SSSR count). The quantitative estimate of drug-likeness (QED) is 0.387. The molecule has 3 nitrogen and oxygen atoms in total. The number of hydrogen-bond donors (Lipinski definition) is 0. The molecule has 0 aromatic carbocycles. The van der Waals surface area contributed by atoms with Gasteiger partial charge in [-0.05, 0) is 87.2 Å². The van der Waals surface area contributed by atoms with Crippen molar-refractivity contribution in [3.63, 3.8) is 0 Å². The molecule has 7 atom stereocenters. The van der Waals surface area contributed by atoms with E-state index in [-0.39, 0.29) is 34.7 Å². The van der Waals surface area contributed by atoms with Crippen LogP contribution in [0.25, 0.3) is 0 Å². The average molecular weight is 383 g/mol. The molecule has 3 aliphatic carbocycles. The first kappa shape index (κ1) is 19.8. The smallest absolute Gasteiger partial charge is 0.163 e. The fraction of sp³-hybridized carbons (Fsp3) is 0.680. The summed E-state index contributed by atoms with van der Waals surface area (Å²) in [5.74, 6) is 1.76. The zero-order chi connectivity index (χ0) is 20.3. The third-order valence-electron chi connectivity index (χ3n) is 8.24. The number of epoxide rings is 1. The van der Waals surface area contributed by atoms with Crippen molar-refractivity contribution in [2.45, 2.75) is 72.0 Å². The number of ether oxygens (including phenoxy) is 1. The van der Waals surface area contributed by atoms with Crippen LogP contribution in [0.1, 0.15) is 60.3 Å². The van der Waals surface area contributed by atoms with Gasteiger partial charge in [-0.1, -0.05) is 37.6 Å². The topological polar surface area (TPSA) is 46.7 Å². The van der Waals surface area contributed by atoms with Gasteiger partial charge < -0.3 is 4.74 Å². The molecule has 28 heavy (non-hydrogen) atoms. The number of carbonyl (C=O) groups is 2. The molecule has 1 saturated carbocycles. The summed E-state index contributed by atoms with van der Waals surface area (Å²) in [5, 5.41) is 0. The fourth-order valence-corrected chi connectivity index (χ4v) is 6.30. The second-order valence-electron chi connectivity index (χ2n) is 10.5. The van der Waals surface area contributed by atoms with Gasteiger partial charge in [0.2, 0.25) is 0 Å². The molecule has 1 aliphatic heterocycles. The number of ketones is 1. The molecule has 2 fully saturated rings. The monoisotopic (exact) mass is 382 g/mol. The van der Waals surface area contributed by atoms with E-state index in [1.807, 2.05) is 0 Å². The van der Waals surface area contributed by atoms with Crippen molar-refractivity contribution in [3.05, 3.63) is 35.5 Å².